The van der Waals surface area contributed by atoms with Gasteiger partial charge >= 0.3 is 24.1 Å². The zero-order valence-corrected chi connectivity index (χ0v) is 30.3. The van der Waals surface area contributed by atoms with Gasteiger partial charge in [-0.3, -0.25) is 9.35 Å². The van der Waals surface area contributed by atoms with Crippen LogP contribution in [0.2, 0.25) is 0 Å². The first-order valence-electron chi connectivity index (χ1n) is 11.1. The summed E-state index contributed by atoms with van der Waals surface area (Å²) in [4.78, 5) is 39.0. The van der Waals surface area contributed by atoms with Crippen molar-refractivity contribution in [2.75, 3.05) is 19.0 Å². The van der Waals surface area contributed by atoms with Crippen molar-refractivity contribution < 1.29 is 64.9 Å². The number of halogens is 7. The molecule has 11 nitrogen and oxygen atoms in total. The van der Waals surface area contributed by atoms with Crippen molar-refractivity contribution in [1.29, 1.82) is 0 Å². The standard InChI is InChI=1S/C23H19F3I4O11S/c1-2-22(21(35)41-14(23(24,25)26)7-42(36,37)38,8-39-19(33)15-10(27)3-5-12(29)17(15)31)9-40-20(34)16-11(28)4-6-13(30)18(16)32/h3-6,14,31-32H,2,7-9H2,1H3,(H,36,37,38). The molecule has 0 heterocycles. The molecule has 0 aliphatic heterocycles. The Labute approximate surface area is 291 Å². The van der Waals surface area contributed by atoms with Gasteiger partial charge < -0.3 is 24.4 Å². The fourth-order valence-corrected chi connectivity index (χ4v) is 6.02. The topological polar surface area (TPSA) is 174 Å². The number of rotatable bonds is 11. The molecule has 42 heavy (non-hydrogen) atoms. The summed E-state index contributed by atoms with van der Waals surface area (Å²) in [6, 6.07) is 5.94. The van der Waals surface area contributed by atoms with E-state index in [1.165, 1.54) is 31.2 Å². The summed E-state index contributed by atoms with van der Waals surface area (Å²) in [5, 5.41) is 20.7. The van der Waals surface area contributed by atoms with Gasteiger partial charge in [-0.1, -0.05) is 6.92 Å². The van der Waals surface area contributed by atoms with E-state index < -0.39 is 82.6 Å². The van der Waals surface area contributed by atoms with Gasteiger partial charge in [-0.05, 0) is 121 Å². The second-order valence-electron chi connectivity index (χ2n) is 8.48. The van der Waals surface area contributed by atoms with E-state index in [-0.39, 0.29) is 25.4 Å². The van der Waals surface area contributed by atoms with Gasteiger partial charge in [-0.15, -0.1) is 0 Å². The van der Waals surface area contributed by atoms with Crippen molar-refractivity contribution in [2.24, 2.45) is 5.41 Å². The van der Waals surface area contributed by atoms with E-state index in [0.717, 1.165) is 0 Å². The maximum atomic E-state index is 13.5. The highest BCUT2D eigenvalue weighted by Gasteiger charge is 2.50. The number of alkyl halides is 3. The summed E-state index contributed by atoms with van der Waals surface area (Å²) in [7, 11) is -5.28. The molecular formula is C23H19F3I4O11S. The zero-order valence-electron chi connectivity index (χ0n) is 20.9. The molecular weight excluding hydrogens is 1050 g/mol. The number of phenols is 2. The quantitative estimate of drug-likeness (QED) is 0.116. The van der Waals surface area contributed by atoms with Crippen molar-refractivity contribution in [3.05, 3.63) is 49.7 Å². The minimum atomic E-state index is -5.44. The summed E-state index contributed by atoms with van der Waals surface area (Å²) in [6.45, 7) is -0.809. The van der Waals surface area contributed by atoms with E-state index in [9.17, 15) is 46.2 Å². The third-order valence-corrected chi connectivity index (χ3v) is 9.87. The number of carbonyl (C=O) groups excluding carboxylic acids is 3. The minimum absolute atomic E-state index is 0.237. The van der Waals surface area contributed by atoms with Gasteiger partial charge in [0.1, 0.15) is 47.0 Å². The molecule has 1 unspecified atom stereocenters. The lowest BCUT2D eigenvalue weighted by atomic mass is 9.86. The Morgan fingerprint density at radius 1 is 0.833 bits per heavy atom. The predicted molar refractivity (Wildman–Crippen MR) is 173 cm³/mol. The van der Waals surface area contributed by atoms with Crippen LogP contribution in [0.25, 0.3) is 0 Å². The molecule has 0 bridgehead atoms. The molecule has 232 valence electrons. The van der Waals surface area contributed by atoms with Gasteiger partial charge in [-0.25, -0.2) is 9.59 Å². The first kappa shape index (κ1) is 37.3. The van der Waals surface area contributed by atoms with E-state index in [1.54, 1.807) is 90.4 Å². The van der Waals surface area contributed by atoms with Crippen LogP contribution in [0.5, 0.6) is 11.5 Å². The zero-order chi connectivity index (χ0) is 32.2. The van der Waals surface area contributed by atoms with Crippen LogP contribution in [0, 0.1) is 19.7 Å². The van der Waals surface area contributed by atoms with Crippen molar-refractivity contribution in [2.45, 2.75) is 25.6 Å². The van der Waals surface area contributed by atoms with Crippen LogP contribution in [-0.2, 0) is 29.1 Å². The summed E-state index contributed by atoms with van der Waals surface area (Å²) in [6.07, 6.45) is -9.23. The molecule has 0 saturated carbocycles. The molecule has 0 spiro atoms. The number of carbonyl (C=O) groups is 3. The molecule has 3 N–H and O–H groups in total. The lowest BCUT2D eigenvalue weighted by Gasteiger charge is -2.31. The number of aromatic hydroxyl groups is 2. The second kappa shape index (κ2) is 14.9. The lowest BCUT2D eigenvalue weighted by Crippen LogP contribution is -2.48. The number of hydrogen-bond acceptors (Lipinski definition) is 10. The highest BCUT2D eigenvalue weighted by atomic mass is 127. The Bertz CT molecular complexity index is 1410. The molecule has 0 amide bonds. The van der Waals surface area contributed by atoms with Gasteiger partial charge in [0, 0.05) is 7.14 Å². The van der Waals surface area contributed by atoms with E-state index in [1.807, 2.05) is 0 Å². The SMILES string of the molecule is CCC(COC(=O)c1c(I)ccc(I)c1O)(COC(=O)c1c(I)ccc(I)c1O)C(=O)OC(CS(=O)(=O)O)C(F)(F)F. The molecule has 19 heteroatoms. The maximum absolute atomic E-state index is 13.5. The summed E-state index contributed by atoms with van der Waals surface area (Å²) in [5.74, 6) is -7.06. The fourth-order valence-electron chi connectivity index (χ4n) is 3.17. The summed E-state index contributed by atoms with van der Waals surface area (Å²) < 4.78 is 87.8. The fraction of sp³-hybridized carbons (Fsp3) is 0.348. The summed E-state index contributed by atoms with van der Waals surface area (Å²) >= 11 is 6.92. The van der Waals surface area contributed by atoms with Gasteiger partial charge in [0.05, 0.1) is 7.14 Å². The lowest BCUT2D eigenvalue weighted by molar-refractivity contribution is -0.223. The average Bonchev–Trinajstić information content (AvgIpc) is 2.87. The number of benzene rings is 2. The normalized spacial score (nSPS) is 12.9. The molecule has 2 aromatic rings. The van der Waals surface area contributed by atoms with Crippen LogP contribution in [-0.4, -0.2) is 72.3 Å². The molecule has 0 saturated heterocycles. The molecule has 2 rings (SSSR count). The number of hydrogen-bond donors (Lipinski definition) is 3. The smallest absolute Gasteiger partial charge is 0.426 e. The highest BCUT2D eigenvalue weighted by molar-refractivity contribution is 14.1. The molecule has 0 aliphatic rings. The second-order valence-corrected chi connectivity index (χ2v) is 14.6. The Morgan fingerprint density at radius 2 is 1.21 bits per heavy atom. The minimum Gasteiger partial charge on any atom is -0.506 e. The Hall–Kier alpha value is -0.930. The van der Waals surface area contributed by atoms with Crippen LogP contribution in [0.4, 0.5) is 13.2 Å². The molecule has 0 aliphatic carbocycles. The monoisotopic (exact) mass is 1070 g/mol. The van der Waals surface area contributed by atoms with E-state index in [2.05, 4.69) is 4.74 Å². The highest BCUT2D eigenvalue weighted by Crippen LogP contribution is 2.34. The van der Waals surface area contributed by atoms with Gasteiger partial charge in [0.2, 0.25) is 6.10 Å². The third kappa shape index (κ3) is 9.53. The summed E-state index contributed by atoms with van der Waals surface area (Å²) in [5.41, 5.74) is -2.95. The van der Waals surface area contributed by atoms with Gasteiger partial charge in [0.25, 0.3) is 10.1 Å². The number of ether oxygens (including phenoxy) is 3. The van der Waals surface area contributed by atoms with Crippen LogP contribution in [0.15, 0.2) is 24.3 Å². The Balaban J connectivity index is 2.49. The Kier molecular flexibility index (Phi) is 13.2. The predicted octanol–water partition coefficient (Wildman–Crippen LogP) is 5.29. The van der Waals surface area contributed by atoms with Crippen molar-refractivity contribution in [3.63, 3.8) is 0 Å². The van der Waals surface area contributed by atoms with E-state index >= 15 is 0 Å². The van der Waals surface area contributed by atoms with Crippen molar-refractivity contribution in [3.8, 4) is 11.5 Å². The molecule has 1 atom stereocenters. The maximum Gasteiger partial charge on any atom is 0.426 e. The van der Waals surface area contributed by atoms with E-state index in [0.29, 0.717) is 0 Å². The van der Waals surface area contributed by atoms with Crippen molar-refractivity contribution >= 4 is 118 Å². The average molecular weight is 1070 g/mol. The number of esters is 3. The van der Waals surface area contributed by atoms with Crippen LogP contribution in [0.3, 0.4) is 0 Å². The first-order valence-corrected chi connectivity index (χ1v) is 17.1. The van der Waals surface area contributed by atoms with Gasteiger partial charge in [-0.2, -0.15) is 21.6 Å². The molecule has 0 fully saturated rings. The molecule has 0 aromatic heterocycles. The van der Waals surface area contributed by atoms with Crippen molar-refractivity contribution in [1.82, 2.24) is 0 Å². The molecule has 0 radical (unpaired) electrons. The van der Waals surface area contributed by atoms with Crippen LogP contribution < -0.4 is 0 Å². The largest absolute Gasteiger partial charge is 0.506 e. The third-order valence-electron chi connectivity index (χ3n) is 5.61. The van der Waals surface area contributed by atoms with Crippen LogP contribution in [0.1, 0.15) is 34.1 Å². The Morgan fingerprint density at radius 3 is 1.55 bits per heavy atom. The first-order chi connectivity index (χ1) is 19.2. The van der Waals surface area contributed by atoms with Gasteiger partial charge in [0.15, 0.2) is 0 Å². The molecule has 2 aromatic carbocycles. The number of phenolic OH excluding ortho intramolecular Hbond substituents is 2. The van der Waals surface area contributed by atoms with Crippen LogP contribution >= 0.6 is 90.4 Å². The van der Waals surface area contributed by atoms with E-state index in [4.69, 9.17) is 14.0 Å².